The smallest absolute Gasteiger partial charge is 0.262 e. The molecule has 96 valence electrons. The van der Waals surface area contributed by atoms with Gasteiger partial charge in [-0.1, -0.05) is 0 Å². The van der Waals surface area contributed by atoms with E-state index < -0.39 is 5.91 Å². The van der Waals surface area contributed by atoms with Crippen LogP contribution in [0.1, 0.15) is 17.3 Å². The zero-order valence-corrected chi connectivity index (χ0v) is 10.3. The lowest BCUT2D eigenvalue weighted by Crippen LogP contribution is -2.23. The van der Waals surface area contributed by atoms with Gasteiger partial charge in [-0.15, -0.1) is 0 Å². The summed E-state index contributed by atoms with van der Waals surface area (Å²) in [5.41, 5.74) is -0.0155. The lowest BCUT2D eigenvalue weighted by molar-refractivity contribution is -0.117. The lowest BCUT2D eigenvalue weighted by Gasteiger charge is -2.01. The molecule has 0 unspecified atom stereocenters. The molecular formula is C13H12N4O2. The van der Waals surface area contributed by atoms with E-state index in [2.05, 4.69) is 15.3 Å². The molecule has 2 N–H and O–H groups in total. The normalized spacial score (nSPS) is 11.1. The molecule has 0 saturated heterocycles. The van der Waals surface area contributed by atoms with Crippen LogP contribution in [0.5, 0.6) is 0 Å². The molecule has 0 aliphatic heterocycles. The number of aromatic nitrogens is 2. The summed E-state index contributed by atoms with van der Waals surface area (Å²) in [5, 5.41) is 11.6. The van der Waals surface area contributed by atoms with Gasteiger partial charge in [-0.2, -0.15) is 5.26 Å². The molecule has 0 aromatic carbocycles. The Morgan fingerprint density at radius 1 is 1.63 bits per heavy atom. The van der Waals surface area contributed by atoms with Crippen molar-refractivity contribution in [2.75, 3.05) is 0 Å². The molecule has 2 aromatic rings. The number of nitrogens with one attached hydrogen (secondary N) is 2. The zero-order chi connectivity index (χ0) is 13.7. The number of aryl methyl sites for hydroxylation is 1. The van der Waals surface area contributed by atoms with E-state index in [4.69, 9.17) is 9.68 Å². The Morgan fingerprint density at radius 3 is 3.05 bits per heavy atom. The van der Waals surface area contributed by atoms with Crippen LogP contribution in [0.15, 0.2) is 34.5 Å². The van der Waals surface area contributed by atoms with Gasteiger partial charge in [-0.05, 0) is 19.1 Å². The summed E-state index contributed by atoms with van der Waals surface area (Å²) in [7, 11) is 0. The number of furan rings is 1. The summed E-state index contributed by atoms with van der Waals surface area (Å²) in [4.78, 5) is 18.5. The number of hydrogen-bond donors (Lipinski definition) is 2. The molecule has 0 fully saturated rings. The molecule has 1 amide bonds. The number of aromatic amines is 1. The summed E-state index contributed by atoms with van der Waals surface area (Å²) in [5.74, 6) is 1.41. The number of carbonyl (C=O) groups is 1. The fourth-order valence-corrected chi connectivity index (χ4v) is 1.48. The van der Waals surface area contributed by atoms with Gasteiger partial charge in [0, 0.05) is 18.5 Å². The average Bonchev–Trinajstić information content (AvgIpc) is 3.04. The van der Waals surface area contributed by atoms with E-state index in [1.165, 1.54) is 6.08 Å². The number of nitrogens with zero attached hydrogens (tertiary/aromatic N) is 2. The van der Waals surface area contributed by atoms with Crippen LogP contribution < -0.4 is 5.32 Å². The van der Waals surface area contributed by atoms with Crippen molar-refractivity contribution in [3.63, 3.8) is 0 Å². The molecule has 2 heterocycles. The van der Waals surface area contributed by atoms with Crippen LogP contribution in [0.4, 0.5) is 0 Å². The minimum absolute atomic E-state index is 0.0155. The van der Waals surface area contributed by atoms with Crippen molar-refractivity contribution in [1.29, 1.82) is 5.26 Å². The summed E-state index contributed by atoms with van der Waals surface area (Å²) in [6.45, 7) is 2.06. The van der Waals surface area contributed by atoms with Crippen LogP contribution in [0.2, 0.25) is 0 Å². The lowest BCUT2D eigenvalue weighted by atomic mass is 10.2. The first-order valence-corrected chi connectivity index (χ1v) is 5.63. The molecule has 19 heavy (non-hydrogen) atoms. The zero-order valence-electron chi connectivity index (χ0n) is 10.3. The molecular weight excluding hydrogens is 244 g/mol. The third-order valence-corrected chi connectivity index (χ3v) is 2.38. The number of rotatable bonds is 4. The molecule has 6 nitrogen and oxygen atoms in total. The van der Waals surface area contributed by atoms with Crippen molar-refractivity contribution in [2.24, 2.45) is 0 Å². The van der Waals surface area contributed by atoms with Crippen LogP contribution in [0.3, 0.4) is 0 Å². The second-order valence-corrected chi connectivity index (χ2v) is 3.84. The molecule has 6 heteroatoms. The predicted molar refractivity (Wildman–Crippen MR) is 67.5 cm³/mol. The molecule has 0 aliphatic rings. The van der Waals surface area contributed by atoms with E-state index in [0.717, 1.165) is 5.76 Å². The van der Waals surface area contributed by atoms with Gasteiger partial charge in [-0.3, -0.25) is 4.79 Å². The number of amides is 1. The third kappa shape index (κ3) is 3.33. The van der Waals surface area contributed by atoms with E-state index in [1.54, 1.807) is 18.5 Å². The average molecular weight is 256 g/mol. The second kappa shape index (κ2) is 5.69. The first-order valence-electron chi connectivity index (χ1n) is 5.63. The quantitative estimate of drug-likeness (QED) is 0.640. The Kier molecular flexibility index (Phi) is 3.78. The SMILES string of the molecule is Cc1ccc(CNC(=O)C(C#N)=Cc2ncc[nH]2)o1. The van der Waals surface area contributed by atoms with Crippen molar-refractivity contribution in [2.45, 2.75) is 13.5 Å². The van der Waals surface area contributed by atoms with Crippen LogP contribution in [-0.4, -0.2) is 15.9 Å². The van der Waals surface area contributed by atoms with Crippen molar-refractivity contribution in [3.05, 3.63) is 47.4 Å². The Bertz CT molecular complexity index is 632. The topological polar surface area (TPSA) is 94.7 Å². The first kappa shape index (κ1) is 12.6. The van der Waals surface area contributed by atoms with Crippen molar-refractivity contribution in [3.8, 4) is 6.07 Å². The van der Waals surface area contributed by atoms with E-state index in [1.807, 2.05) is 19.1 Å². The fraction of sp³-hybridized carbons (Fsp3) is 0.154. The van der Waals surface area contributed by atoms with Gasteiger partial charge >= 0.3 is 0 Å². The monoisotopic (exact) mass is 256 g/mol. The van der Waals surface area contributed by atoms with Crippen LogP contribution in [-0.2, 0) is 11.3 Å². The molecule has 0 saturated carbocycles. The van der Waals surface area contributed by atoms with Gasteiger partial charge in [0.1, 0.15) is 29.0 Å². The molecule has 0 aliphatic carbocycles. The van der Waals surface area contributed by atoms with Gasteiger partial charge in [0.2, 0.25) is 0 Å². The van der Waals surface area contributed by atoms with Gasteiger partial charge in [0.15, 0.2) is 0 Å². The highest BCUT2D eigenvalue weighted by atomic mass is 16.3. The largest absolute Gasteiger partial charge is 0.465 e. The van der Waals surface area contributed by atoms with Gasteiger partial charge in [0.25, 0.3) is 5.91 Å². The standard InChI is InChI=1S/C13H12N4O2/c1-9-2-3-11(19-9)8-17-13(18)10(7-14)6-12-15-4-5-16-12/h2-6H,8H2,1H3,(H,15,16)(H,17,18). The summed E-state index contributed by atoms with van der Waals surface area (Å²) in [6.07, 6.45) is 4.55. The predicted octanol–water partition coefficient (Wildman–Crippen LogP) is 1.53. The third-order valence-electron chi connectivity index (χ3n) is 2.38. The Morgan fingerprint density at radius 2 is 2.47 bits per heavy atom. The van der Waals surface area contributed by atoms with Crippen molar-refractivity contribution in [1.82, 2.24) is 15.3 Å². The fourth-order valence-electron chi connectivity index (χ4n) is 1.48. The van der Waals surface area contributed by atoms with Crippen molar-refractivity contribution < 1.29 is 9.21 Å². The first-order chi connectivity index (χ1) is 9.19. The number of hydrogen-bond acceptors (Lipinski definition) is 4. The maximum atomic E-state index is 11.8. The van der Waals surface area contributed by atoms with Crippen LogP contribution >= 0.6 is 0 Å². The molecule has 0 radical (unpaired) electrons. The van der Waals surface area contributed by atoms with Crippen LogP contribution in [0.25, 0.3) is 6.08 Å². The highest BCUT2D eigenvalue weighted by Gasteiger charge is 2.10. The minimum Gasteiger partial charge on any atom is -0.465 e. The highest BCUT2D eigenvalue weighted by Crippen LogP contribution is 2.06. The molecule has 2 rings (SSSR count). The molecule has 0 bridgehead atoms. The summed E-state index contributed by atoms with van der Waals surface area (Å²) >= 11 is 0. The second-order valence-electron chi connectivity index (χ2n) is 3.84. The van der Waals surface area contributed by atoms with E-state index >= 15 is 0 Å². The van der Waals surface area contributed by atoms with Gasteiger partial charge in [0.05, 0.1) is 6.54 Å². The molecule has 0 atom stereocenters. The Balaban J connectivity index is 2.00. The maximum absolute atomic E-state index is 11.8. The van der Waals surface area contributed by atoms with E-state index in [0.29, 0.717) is 11.6 Å². The number of nitriles is 1. The molecule has 2 aromatic heterocycles. The molecule has 0 spiro atoms. The highest BCUT2D eigenvalue weighted by molar-refractivity contribution is 6.01. The van der Waals surface area contributed by atoms with Gasteiger partial charge in [-0.25, -0.2) is 4.98 Å². The summed E-state index contributed by atoms with van der Waals surface area (Å²) in [6, 6.07) is 5.43. The van der Waals surface area contributed by atoms with Crippen molar-refractivity contribution >= 4 is 12.0 Å². The Hall–Kier alpha value is -2.81. The number of H-pyrrole nitrogens is 1. The number of carbonyl (C=O) groups excluding carboxylic acids is 1. The van der Waals surface area contributed by atoms with Crippen LogP contribution in [0, 0.1) is 18.3 Å². The maximum Gasteiger partial charge on any atom is 0.262 e. The number of imidazole rings is 1. The minimum atomic E-state index is -0.465. The summed E-state index contributed by atoms with van der Waals surface area (Å²) < 4.78 is 5.32. The Labute approximate surface area is 109 Å². The van der Waals surface area contributed by atoms with Gasteiger partial charge < -0.3 is 14.7 Å². The van der Waals surface area contributed by atoms with E-state index in [-0.39, 0.29) is 12.1 Å². The van der Waals surface area contributed by atoms with E-state index in [9.17, 15) is 4.79 Å².